The van der Waals surface area contributed by atoms with Gasteiger partial charge in [0.1, 0.15) is 0 Å². The molecule has 0 amide bonds. The van der Waals surface area contributed by atoms with Crippen LogP contribution in [0.4, 0.5) is 0 Å². The van der Waals surface area contributed by atoms with Gasteiger partial charge in [-0.15, -0.1) is 0 Å². The Morgan fingerprint density at radius 2 is 2.12 bits per heavy atom. The fourth-order valence-corrected chi connectivity index (χ4v) is 1.63. The number of rotatable bonds is 4. The van der Waals surface area contributed by atoms with E-state index >= 15 is 0 Å². The van der Waals surface area contributed by atoms with Crippen LogP contribution >= 0.6 is 0 Å². The lowest BCUT2D eigenvalue weighted by Gasteiger charge is -2.01. The Kier molecular flexibility index (Phi) is 3.31. The minimum Gasteiger partial charge on any atom is -0.334 e. The first-order valence-electron chi connectivity index (χ1n) is 5.40. The lowest BCUT2D eigenvalue weighted by molar-refractivity contribution is 0.420. The zero-order valence-electron chi connectivity index (χ0n) is 9.53. The van der Waals surface area contributed by atoms with Gasteiger partial charge in [-0.2, -0.15) is 4.98 Å². The van der Waals surface area contributed by atoms with Crippen LogP contribution in [-0.4, -0.2) is 17.2 Å². The molecular formula is C12H15N3O. The number of nitrogens with zero attached hydrogens (tertiary/aromatic N) is 2. The Morgan fingerprint density at radius 1 is 1.31 bits per heavy atom. The van der Waals surface area contributed by atoms with Crippen molar-refractivity contribution >= 4 is 0 Å². The van der Waals surface area contributed by atoms with Crippen LogP contribution in [0.2, 0.25) is 0 Å². The monoisotopic (exact) mass is 217 g/mol. The van der Waals surface area contributed by atoms with Crippen molar-refractivity contribution in [2.75, 3.05) is 7.05 Å². The molecule has 1 aromatic carbocycles. The standard InChI is InChI=1S/C12H15N3O/c1-3-9-6-4-5-7-10(9)12-14-11(8-13-2)15-16-12/h4-7,13H,3,8H2,1-2H3. The van der Waals surface area contributed by atoms with Crippen molar-refractivity contribution in [3.8, 4) is 11.5 Å². The van der Waals surface area contributed by atoms with Gasteiger partial charge in [0.05, 0.1) is 6.54 Å². The Morgan fingerprint density at radius 3 is 2.88 bits per heavy atom. The average Bonchev–Trinajstić information content (AvgIpc) is 2.78. The highest BCUT2D eigenvalue weighted by Gasteiger charge is 2.10. The fraction of sp³-hybridized carbons (Fsp3) is 0.333. The molecule has 4 nitrogen and oxygen atoms in total. The molecule has 0 saturated heterocycles. The zero-order chi connectivity index (χ0) is 11.4. The van der Waals surface area contributed by atoms with Gasteiger partial charge in [-0.25, -0.2) is 0 Å². The smallest absolute Gasteiger partial charge is 0.258 e. The quantitative estimate of drug-likeness (QED) is 0.851. The second-order valence-corrected chi connectivity index (χ2v) is 3.56. The number of aryl methyl sites for hydroxylation is 1. The number of hydrogen-bond acceptors (Lipinski definition) is 4. The molecule has 0 radical (unpaired) electrons. The van der Waals surface area contributed by atoms with Crippen molar-refractivity contribution in [2.24, 2.45) is 0 Å². The van der Waals surface area contributed by atoms with Gasteiger partial charge in [0, 0.05) is 5.56 Å². The highest BCUT2D eigenvalue weighted by atomic mass is 16.5. The summed E-state index contributed by atoms with van der Waals surface area (Å²) >= 11 is 0. The van der Waals surface area contributed by atoms with Crippen LogP contribution in [0, 0.1) is 0 Å². The second kappa shape index (κ2) is 4.90. The van der Waals surface area contributed by atoms with Crippen molar-refractivity contribution in [2.45, 2.75) is 19.9 Å². The molecule has 0 fully saturated rings. The largest absolute Gasteiger partial charge is 0.334 e. The summed E-state index contributed by atoms with van der Waals surface area (Å²) in [6, 6.07) is 8.09. The van der Waals surface area contributed by atoms with Crippen LogP contribution in [0.1, 0.15) is 18.3 Å². The van der Waals surface area contributed by atoms with Gasteiger partial charge in [-0.1, -0.05) is 30.3 Å². The molecule has 16 heavy (non-hydrogen) atoms. The van der Waals surface area contributed by atoms with Crippen molar-refractivity contribution in [3.05, 3.63) is 35.7 Å². The summed E-state index contributed by atoms with van der Waals surface area (Å²) in [5.41, 5.74) is 2.25. The van der Waals surface area contributed by atoms with Crippen molar-refractivity contribution in [3.63, 3.8) is 0 Å². The number of aromatic nitrogens is 2. The van der Waals surface area contributed by atoms with E-state index < -0.39 is 0 Å². The molecule has 0 saturated carbocycles. The topological polar surface area (TPSA) is 51.0 Å². The van der Waals surface area contributed by atoms with Crippen molar-refractivity contribution in [1.82, 2.24) is 15.5 Å². The van der Waals surface area contributed by atoms with Crippen LogP contribution in [-0.2, 0) is 13.0 Å². The maximum Gasteiger partial charge on any atom is 0.258 e. The van der Waals surface area contributed by atoms with E-state index in [4.69, 9.17) is 4.52 Å². The van der Waals surface area contributed by atoms with Crippen LogP contribution in [0.25, 0.3) is 11.5 Å². The minimum atomic E-state index is 0.600. The third-order valence-electron chi connectivity index (χ3n) is 2.43. The summed E-state index contributed by atoms with van der Waals surface area (Å²) in [5.74, 6) is 1.28. The molecule has 2 aromatic rings. The summed E-state index contributed by atoms with van der Waals surface area (Å²) in [6.45, 7) is 2.74. The predicted octanol–water partition coefficient (Wildman–Crippen LogP) is 2.02. The van der Waals surface area contributed by atoms with E-state index in [9.17, 15) is 0 Å². The molecule has 0 bridgehead atoms. The summed E-state index contributed by atoms with van der Waals surface area (Å²) < 4.78 is 5.24. The molecular weight excluding hydrogens is 202 g/mol. The highest BCUT2D eigenvalue weighted by molar-refractivity contribution is 5.58. The van der Waals surface area contributed by atoms with Gasteiger partial charge in [0.25, 0.3) is 5.89 Å². The van der Waals surface area contributed by atoms with Gasteiger partial charge in [-0.3, -0.25) is 0 Å². The van der Waals surface area contributed by atoms with Gasteiger partial charge >= 0.3 is 0 Å². The first kappa shape index (κ1) is 10.8. The van der Waals surface area contributed by atoms with E-state index in [1.807, 2.05) is 25.2 Å². The Hall–Kier alpha value is -1.68. The molecule has 0 aliphatic heterocycles. The first-order chi connectivity index (χ1) is 7.85. The van der Waals surface area contributed by atoms with Gasteiger partial charge in [0.2, 0.25) is 0 Å². The fourth-order valence-electron chi connectivity index (χ4n) is 1.63. The Labute approximate surface area is 94.7 Å². The maximum absolute atomic E-state index is 5.24. The molecule has 2 rings (SSSR count). The zero-order valence-corrected chi connectivity index (χ0v) is 9.53. The Bertz CT molecular complexity index is 465. The van der Waals surface area contributed by atoms with Gasteiger partial charge in [-0.05, 0) is 25.1 Å². The summed E-state index contributed by atoms with van der Waals surface area (Å²) in [6.07, 6.45) is 0.958. The molecule has 84 valence electrons. The van der Waals surface area contributed by atoms with Gasteiger partial charge < -0.3 is 9.84 Å². The first-order valence-corrected chi connectivity index (χ1v) is 5.40. The number of nitrogens with one attached hydrogen (secondary N) is 1. The highest BCUT2D eigenvalue weighted by Crippen LogP contribution is 2.22. The lowest BCUT2D eigenvalue weighted by Crippen LogP contribution is -2.06. The van der Waals surface area contributed by atoms with Crippen molar-refractivity contribution < 1.29 is 4.52 Å². The molecule has 1 N–H and O–H groups in total. The predicted molar refractivity (Wildman–Crippen MR) is 61.9 cm³/mol. The van der Waals surface area contributed by atoms with Gasteiger partial charge in [0.15, 0.2) is 5.82 Å². The Balaban J connectivity index is 2.34. The molecule has 4 heteroatoms. The molecule has 0 aliphatic carbocycles. The van der Waals surface area contributed by atoms with E-state index in [0.717, 1.165) is 12.0 Å². The van der Waals surface area contributed by atoms with Crippen LogP contribution in [0.3, 0.4) is 0 Å². The van der Waals surface area contributed by atoms with Crippen LogP contribution in [0.15, 0.2) is 28.8 Å². The molecule has 1 heterocycles. The molecule has 0 spiro atoms. The number of hydrogen-bond donors (Lipinski definition) is 1. The van der Waals surface area contributed by atoms with E-state index in [-0.39, 0.29) is 0 Å². The SMILES string of the molecule is CCc1ccccc1-c1nc(CNC)no1. The normalized spacial score (nSPS) is 10.6. The molecule has 1 aromatic heterocycles. The summed E-state index contributed by atoms with van der Waals surface area (Å²) in [5, 5.41) is 6.90. The van der Waals surface area contributed by atoms with Crippen LogP contribution in [0.5, 0.6) is 0 Å². The minimum absolute atomic E-state index is 0.600. The van der Waals surface area contributed by atoms with E-state index in [1.54, 1.807) is 0 Å². The third-order valence-corrected chi connectivity index (χ3v) is 2.43. The third kappa shape index (κ3) is 2.12. The van der Waals surface area contributed by atoms with E-state index in [0.29, 0.717) is 18.3 Å². The summed E-state index contributed by atoms with van der Waals surface area (Å²) in [7, 11) is 1.86. The molecule has 0 atom stereocenters. The molecule has 0 unspecified atom stereocenters. The second-order valence-electron chi connectivity index (χ2n) is 3.56. The van der Waals surface area contributed by atoms with Crippen LogP contribution < -0.4 is 5.32 Å². The van der Waals surface area contributed by atoms with E-state index in [2.05, 4.69) is 28.4 Å². The summed E-state index contributed by atoms with van der Waals surface area (Å²) in [4.78, 5) is 4.34. The maximum atomic E-state index is 5.24. The lowest BCUT2D eigenvalue weighted by atomic mass is 10.1. The molecule has 0 aliphatic rings. The average molecular weight is 217 g/mol. The number of benzene rings is 1. The van der Waals surface area contributed by atoms with Crippen molar-refractivity contribution in [1.29, 1.82) is 0 Å². The van der Waals surface area contributed by atoms with E-state index in [1.165, 1.54) is 5.56 Å².